The summed E-state index contributed by atoms with van der Waals surface area (Å²) in [6.07, 6.45) is 4.53. The molecule has 1 fully saturated rings. The number of nitrogens with zero attached hydrogens (tertiary/aromatic N) is 1. The van der Waals surface area contributed by atoms with Crippen LogP contribution in [0.1, 0.15) is 52.4 Å². The third kappa shape index (κ3) is 5.19. The minimum absolute atomic E-state index is 0.0118. The molecule has 0 saturated heterocycles. The van der Waals surface area contributed by atoms with Gasteiger partial charge in [0.25, 0.3) is 0 Å². The first-order valence-electron chi connectivity index (χ1n) is 7.76. The van der Waals surface area contributed by atoms with Gasteiger partial charge in [-0.15, -0.1) is 0 Å². The van der Waals surface area contributed by atoms with Crippen LogP contribution in [0.5, 0.6) is 0 Å². The average molecular weight is 300 g/mol. The van der Waals surface area contributed by atoms with E-state index in [4.69, 9.17) is 4.74 Å². The maximum absolute atomic E-state index is 12.3. The lowest BCUT2D eigenvalue weighted by molar-refractivity contribution is -0.140. The minimum atomic E-state index is -0.848. The van der Waals surface area contributed by atoms with Crippen molar-refractivity contribution in [3.63, 3.8) is 0 Å². The van der Waals surface area contributed by atoms with E-state index in [-0.39, 0.29) is 18.6 Å². The van der Waals surface area contributed by atoms with Crippen LogP contribution in [-0.2, 0) is 9.53 Å². The number of rotatable bonds is 7. The largest absolute Gasteiger partial charge is 0.481 e. The summed E-state index contributed by atoms with van der Waals surface area (Å²) in [5.41, 5.74) is -0.553. The molecule has 1 unspecified atom stereocenters. The Morgan fingerprint density at radius 3 is 2.48 bits per heavy atom. The average Bonchev–Trinajstić information content (AvgIpc) is 2.44. The van der Waals surface area contributed by atoms with Gasteiger partial charge in [-0.05, 0) is 26.7 Å². The Bertz CT molecular complexity index is 354. The molecule has 6 heteroatoms. The van der Waals surface area contributed by atoms with E-state index in [1.165, 1.54) is 0 Å². The van der Waals surface area contributed by atoms with Crippen molar-refractivity contribution in [2.45, 2.75) is 64.0 Å². The summed E-state index contributed by atoms with van der Waals surface area (Å²) < 4.78 is 5.38. The lowest BCUT2D eigenvalue weighted by Crippen LogP contribution is -2.55. The quantitative estimate of drug-likeness (QED) is 0.755. The lowest BCUT2D eigenvalue weighted by Gasteiger charge is -2.43. The van der Waals surface area contributed by atoms with E-state index >= 15 is 0 Å². The lowest BCUT2D eigenvalue weighted by atomic mass is 9.78. The molecule has 1 saturated carbocycles. The van der Waals surface area contributed by atoms with Crippen LogP contribution in [0.4, 0.5) is 4.79 Å². The molecular formula is C15H28N2O4. The third-order valence-electron chi connectivity index (χ3n) is 4.27. The number of hydrogen-bond acceptors (Lipinski definition) is 3. The predicted octanol–water partition coefficient (Wildman–Crippen LogP) is 2.23. The Morgan fingerprint density at radius 1 is 1.33 bits per heavy atom. The zero-order valence-corrected chi connectivity index (χ0v) is 13.4. The standard InChI is InChI=1S/C15H28N2O4/c1-4-21-12(2)11-16-14(20)17(3)15(10-13(18)19)8-6-5-7-9-15/h12H,4-11H2,1-3H3,(H,16,20)(H,18,19). The highest BCUT2D eigenvalue weighted by Crippen LogP contribution is 2.35. The highest BCUT2D eigenvalue weighted by Gasteiger charge is 2.40. The molecule has 0 aliphatic heterocycles. The molecule has 6 nitrogen and oxygen atoms in total. The fraction of sp³-hybridized carbons (Fsp3) is 0.867. The number of carboxylic acids is 1. The van der Waals surface area contributed by atoms with Gasteiger partial charge in [0.15, 0.2) is 0 Å². The maximum atomic E-state index is 12.3. The molecule has 0 radical (unpaired) electrons. The molecule has 0 aromatic rings. The zero-order chi connectivity index (χ0) is 15.9. The second kappa shape index (κ2) is 8.22. The molecule has 21 heavy (non-hydrogen) atoms. The fourth-order valence-corrected chi connectivity index (χ4v) is 3.03. The fourth-order valence-electron chi connectivity index (χ4n) is 3.03. The van der Waals surface area contributed by atoms with Crippen molar-refractivity contribution >= 4 is 12.0 Å². The molecule has 0 spiro atoms. The Kier molecular flexibility index (Phi) is 6.95. The van der Waals surface area contributed by atoms with Crippen molar-refractivity contribution in [2.75, 3.05) is 20.2 Å². The van der Waals surface area contributed by atoms with Gasteiger partial charge in [-0.3, -0.25) is 4.79 Å². The van der Waals surface area contributed by atoms with Crippen molar-refractivity contribution < 1.29 is 19.4 Å². The second-order valence-electron chi connectivity index (χ2n) is 5.87. The van der Waals surface area contributed by atoms with Gasteiger partial charge in [0.1, 0.15) is 0 Å². The molecule has 1 aliphatic carbocycles. The predicted molar refractivity (Wildman–Crippen MR) is 80.3 cm³/mol. The monoisotopic (exact) mass is 300 g/mol. The summed E-state index contributed by atoms with van der Waals surface area (Å²) in [5.74, 6) is -0.848. The second-order valence-corrected chi connectivity index (χ2v) is 5.87. The van der Waals surface area contributed by atoms with Gasteiger partial charge in [-0.25, -0.2) is 4.79 Å². The Labute approximate surface area is 126 Å². The van der Waals surface area contributed by atoms with E-state index in [9.17, 15) is 14.7 Å². The Morgan fingerprint density at radius 2 is 1.95 bits per heavy atom. The minimum Gasteiger partial charge on any atom is -0.481 e. The van der Waals surface area contributed by atoms with Crippen molar-refractivity contribution in [1.82, 2.24) is 10.2 Å². The molecule has 1 rings (SSSR count). The van der Waals surface area contributed by atoms with Crippen LogP contribution in [0.3, 0.4) is 0 Å². The van der Waals surface area contributed by atoms with E-state index < -0.39 is 11.5 Å². The number of nitrogens with one attached hydrogen (secondary N) is 1. The van der Waals surface area contributed by atoms with Crippen molar-refractivity contribution in [3.05, 3.63) is 0 Å². The zero-order valence-electron chi connectivity index (χ0n) is 13.4. The van der Waals surface area contributed by atoms with Gasteiger partial charge in [-0.2, -0.15) is 0 Å². The van der Waals surface area contributed by atoms with Gasteiger partial charge >= 0.3 is 12.0 Å². The topological polar surface area (TPSA) is 78.9 Å². The van der Waals surface area contributed by atoms with Gasteiger partial charge in [0.2, 0.25) is 0 Å². The Balaban J connectivity index is 2.64. The number of urea groups is 1. The molecule has 1 aliphatic rings. The number of amides is 2. The summed E-state index contributed by atoms with van der Waals surface area (Å²) in [6.45, 7) is 4.85. The summed E-state index contributed by atoms with van der Waals surface area (Å²) >= 11 is 0. The SMILES string of the molecule is CCOC(C)CNC(=O)N(C)C1(CC(=O)O)CCCCC1. The number of carbonyl (C=O) groups is 2. The normalized spacial score (nSPS) is 18.8. The molecule has 1 atom stereocenters. The smallest absolute Gasteiger partial charge is 0.317 e. The van der Waals surface area contributed by atoms with Crippen LogP contribution in [-0.4, -0.2) is 53.8 Å². The van der Waals surface area contributed by atoms with Gasteiger partial charge in [0, 0.05) is 20.2 Å². The number of hydrogen-bond donors (Lipinski definition) is 2. The van der Waals surface area contributed by atoms with E-state index in [2.05, 4.69) is 5.32 Å². The molecule has 0 heterocycles. The number of ether oxygens (including phenoxy) is 1. The van der Waals surface area contributed by atoms with Gasteiger partial charge in [-0.1, -0.05) is 19.3 Å². The molecular weight excluding hydrogens is 272 g/mol. The number of carboxylic acid groups (broad SMARTS) is 1. The van der Waals surface area contributed by atoms with Gasteiger partial charge < -0.3 is 20.1 Å². The van der Waals surface area contributed by atoms with Crippen LogP contribution in [0.2, 0.25) is 0 Å². The van der Waals surface area contributed by atoms with E-state index in [1.54, 1.807) is 11.9 Å². The third-order valence-corrected chi connectivity index (χ3v) is 4.27. The van der Waals surface area contributed by atoms with Crippen LogP contribution >= 0.6 is 0 Å². The van der Waals surface area contributed by atoms with Gasteiger partial charge in [0.05, 0.1) is 18.1 Å². The van der Waals surface area contributed by atoms with Crippen molar-refractivity contribution in [1.29, 1.82) is 0 Å². The molecule has 2 N–H and O–H groups in total. The maximum Gasteiger partial charge on any atom is 0.317 e. The highest BCUT2D eigenvalue weighted by atomic mass is 16.5. The van der Waals surface area contributed by atoms with Crippen LogP contribution in [0.25, 0.3) is 0 Å². The van der Waals surface area contributed by atoms with Crippen molar-refractivity contribution in [3.8, 4) is 0 Å². The number of carbonyl (C=O) groups excluding carboxylic acids is 1. The molecule has 2 amide bonds. The molecule has 122 valence electrons. The summed E-state index contributed by atoms with van der Waals surface area (Å²) in [5, 5.41) is 12.0. The first-order valence-corrected chi connectivity index (χ1v) is 7.76. The number of aliphatic carboxylic acids is 1. The van der Waals surface area contributed by atoms with Crippen molar-refractivity contribution in [2.24, 2.45) is 0 Å². The summed E-state index contributed by atoms with van der Waals surface area (Å²) in [4.78, 5) is 25.1. The molecule has 0 bridgehead atoms. The Hall–Kier alpha value is -1.30. The molecule has 0 aromatic carbocycles. The first kappa shape index (κ1) is 17.8. The van der Waals surface area contributed by atoms with E-state index in [1.807, 2.05) is 13.8 Å². The van der Waals surface area contributed by atoms with Crippen LogP contribution in [0.15, 0.2) is 0 Å². The summed E-state index contributed by atoms with van der Waals surface area (Å²) in [6, 6.07) is -0.218. The van der Waals surface area contributed by atoms with Crippen LogP contribution in [0, 0.1) is 0 Å². The summed E-state index contributed by atoms with van der Waals surface area (Å²) in [7, 11) is 1.70. The first-order chi connectivity index (χ1) is 9.91. The van der Waals surface area contributed by atoms with E-state index in [0.717, 1.165) is 32.1 Å². The van der Waals surface area contributed by atoms with E-state index in [0.29, 0.717) is 13.2 Å². The highest BCUT2D eigenvalue weighted by molar-refractivity contribution is 5.76. The van der Waals surface area contributed by atoms with Crippen LogP contribution < -0.4 is 5.32 Å². The molecule has 0 aromatic heterocycles.